The molecule has 1 aromatic rings. The Hall–Kier alpha value is -1.15. The summed E-state index contributed by atoms with van der Waals surface area (Å²) in [6.45, 7) is 8.66. The molecule has 0 amide bonds. The molecular formula is C18H31N3O3S. The van der Waals surface area contributed by atoms with Gasteiger partial charge in [0.1, 0.15) is 5.75 Å². The number of piperazine rings is 1. The molecule has 1 saturated heterocycles. The molecule has 0 bridgehead atoms. The summed E-state index contributed by atoms with van der Waals surface area (Å²) in [7, 11) is 0.721. The zero-order valence-corrected chi connectivity index (χ0v) is 16.6. The first-order chi connectivity index (χ1) is 11.8. The van der Waals surface area contributed by atoms with Gasteiger partial charge in [-0.05, 0) is 71.7 Å². The van der Waals surface area contributed by atoms with Gasteiger partial charge in [-0.15, -0.1) is 0 Å². The maximum Gasteiger partial charge on any atom is 0.243 e. The van der Waals surface area contributed by atoms with Crippen molar-refractivity contribution in [3.05, 3.63) is 24.3 Å². The Bertz CT molecular complexity index is 621. The van der Waals surface area contributed by atoms with Crippen molar-refractivity contribution in [3.8, 4) is 5.75 Å². The van der Waals surface area contributed by atoms with Crippen LogP contribution < -0.4 is 4.74 Å². The van der Waals surface area contributed by atoms with Crippen molar-refractivity contribution in [1.82, 2.24) is 14.1 Å². The highest BCUT2D eigenvalue weighted by molar-refractivity contribution is 7.89. The molecule has 1 heterocycles. The lowest BCUT2D eigenvalue weighted by Gasteiger charge is -2.34. The van der Waals surface area contributed by atoms with Crippen molar-refractivity contribution < 1.29 is 13.2 Å². The Morgan fingerprint density at radius 1 is 1.08 bits per heavy atom. The second-order valence-electron chi connectivity index (χ2n) is 7.04. The lowest BCUT2D eigenvalue weighted by molar-refractivity contribution is 0.181. The van der Waals surface area contributed by atoms with Gasteiger partial charge in [0.15, 0.2) is 0 Å². The van der Waals surface area contributed by atoms with Gasteiger partial charge in [-0.1, -0.05) is 0 Å². The Morgan fingerprint density at radius 2 is 1.68 bits per heavy atom. The van der Waals surface area contributed by atoms with Crippen molar-refractivity contribution in [3.63, 3.8) is 0 Å². The molecule has 1 aromatic carbocycles. The van der Waals surface area contributed by atoms with E-state index >= 15 is 0 Å². The minimum Gasteiger partial charge on any atom is -0.491 e. The van der Waals surface area contributed by atoms with Crippen LogP contribution in [0.25, 0.3) is 0 Å². The minimum atomic E-state index is -3.42. The third-order valence-electron chi connectivity index (χ3n) is 4.24. The van der Waals surface area contributed by atoms with Gasteiger partial charge in [0.2, 0.25) is 10.0 Å². The number of hydrogen-bond donors (Lipinski definition) is 0. The number of ether oxygens (including phenoxy) is 1. The van der Waals surface area contributed by atoms with Crippen LogP contribution in [0.5, 0.6) is 5.75 Å². The number of nitrogens with zero attached hydrogens (tertiary/aromatic N) is 3. The summed E-state index contributed by atoms with van der Waals surface area (Å²) in [5, 5.41) is 0. The van der Waals surface area contributed by atoms with Gasteiger partial charge in [0.05, 0.1) is 11.0 Å². The lowest BCUT2D eigenvalue weighted by atomic mass is 10.3. The highest BCUT2D eigenvalue weighted by Crippen LogP contribution is 2.21. The highest BCUT2D eigenvalue weighted by Gasteiger charge is 2.28. The summed E-state index contributed by atoms with van der Waals surface area (Å²) >= 11 is 0. The van der Waals surface area contributed by atoms with Gasteiger partial charge in [-0.2, -0.15) is 4.31 Å². The Kier molecular flexibility index (Phi) is 7.25. The fraction of sp³-hybridized carbons (Fsp3) is 0.667. The molecule has 0 radical (unpaired) electrons. The predicted molar refractivity (Wildman–Crippen MR) is 101 cm³/mol. The lowest BCUT2D eigenvalue weighted by Crippen LogP contribution is -2.48. The second-order valence-corrected chi connectivity index (χ2v) is 8.98. The normalized spacial score (nSPS) is 17.4. The van der Waals surface area contributed by atoms with Crippen molar-refractivity contribution >= 4 is 10.0 Å². The van der Waals surface area contributed by atoms with Crippen LogP contribution in [0.1, 0.15) is 20.3 Å². The molecule has 0 N–H and O–H groups in total. The molecule has 1 aliphatic rings. The van der Waals surface area contributed by atoms with Gasteiger partial charge in [0, 0.05) is 26.2 Å². The van der Waals surface area contributed by atoms with Crippen LogP contribution in [-0.4, -0.2) is 82.0 Å². The molecule has 0 saturated carbocycles. The Morgan fingerprint density at radius 3 is 2.20 bits per heavy atom. The molecule has 0 unspecified atom stereocenters. The zero-order valence-electron chi connectivity index (χ0n) is 15.8. The SMILES string of the molecule is CC(C)Oc1ccc(S(=O)(=O)N2CCN(CCCN(C)C)CC2)cc1. The molecule has 1 fully saturated rings. The van der Waals surface area contributed by atoms with Crippen LogP contribution in [0, 0.1) is 0 Å². The maximum atomic E-state index is 12.8. The van der Waals surface area contributed by atoms with Gasteiger partial charge < -0.3 is 14.5 Å². The van der Waals surface area contributed by atoms with Crippen LogP contribution in [0.15, 0.2) is 29.2 Å². The summed E-state index contributed by atoms with van der Waals surface area (Å²) in [4.78, 5) is 4.85. The van der Waals surface area contributed by atoms with Gasteiger partial charge in [0.25, 0.3) is 0 Å². The third-order valence-corrected chi connectivity index (χ3v) is 6.16. The predicted octanol–water partition coefficient (Wildman–Crippen LogP) is 1.73. The van der Waals surface area contributed by atoms with E-state index in [0.29, 0.717) is 23.7 Å². The number of benzene rings is 1. The van der Waals surface area contributed by atoms with Crippen LogP contribution in [0.4, 0.5) is 0 Å². The molecule has 0 spiro atoms. The standard InChI is InChI=1S/C18H31N3O3S/c1-16(2)24-17-6-8-18(9-7-17)25(22,23)21-14-12-20(13-15-21)11-5-10-19(3)4/h6-9,16H,5,10-15H2,1-4H3. The van der Waals surface area contributed by atoms with E-state index in [2.05, 4.69) is 23.9 Å². The molecule has 2 rings (SSSR count). The summed E-state index contributed by atoms with van der Waals surface area (Å²) < 4.78 is 32.7. The van der Waals surface area contributed by atoms with Gasteiger partial charge in [-0.3, -0.25) is 0 Å². The zero-order chi connectivity index (χ0) is 18.4. The minimum absolute atomic E-state index is 0.0723. The second kappa shape index (κ2) is 8.98. The summed E-state index contributed by atoms with van der Waals surface area (Å²) in [5.41, 5.74) is 0. The maximum absolute atomic E-state index is 12.8. The molecule has 0 aliphatic carbocycles. The third kappa shape index (κ3) is 5.95. The van der Waals surface area contributed by atoms with Crippen LogP contribution >= 0.6 is 0 Å². The monoisotopic (exact) mass is 369 g/mol. The van der Waals surface area contributed by atoms with Crippen molar-refractivity contribution in [2.24, 2.45) is 0 Å². The average molecular weight is 370 g/mol. The summed E-state index contributed by atoms with van der Waals surface area (Å²) in [6.07, 6.45) is 1.18. The fourth-order valence-corrected chi connectivity index (χ4v) is 4.34. The first kappa shape index (κ1) is 20.2. The van der Waals surface area contributed by atoms with E-state index in [1.807, 2.05) is 13.8 Å². The number of rotatable bonds is 8. The van der Waals surface area contributed by atoms with E-state index < -0.39 is 10.0 Å². The van der Waals surface area contributed by atoms with Crippen molar-refractivity contribution in [2.75, 3.05) is 53.4 Å². The van der Waals surface area contributed by atoms with E-state index in [-0.39, 0.29) is 6.10 Å². The first-order valence-corrected chi connectivity index (χ1v) is 10.4. The van der Waals surface area contributed by atoms with E-state index in [1.54, 1.807) is 28.6 Å². The van der Waals surface area contributed by atoms with Crippen LogP contribution in [0.3, 0.4) is 0 Å². The Balaban J connectivity index is 1.90. The molecule has 142 valence electrons. The smallest absolute Gasteiger partial charge is 0.243 e. The molecule has 25 heavy (non-hydrogen) atoms. The molecule has 0 atom stereocenters. The van der Waals surface area contributed by atoms with E-state index in [1.165, 1.54) is 0 Å². The number of hydrogen-bond acceptors (Lipinski definition) is 5. The molecule has 1 aliphatic heterocycles. The summed E-state index contributed by atoms with van der Waals surface area (Å²) in [5.74, 6) is 0.694. The topological polar surface area (TPSA) is 53.1 Å². The van der Waals surface area contributed by atoms with Gasteiger partial charge in [-0.25, -0.2) is 8.42 Å². The quantitative estimate of drug-likeness (QED) is 0.699. The van der Waals surface area contributed by atoms with E-state index in [0.717, 1.165) is 32.6 Å². The number of sulfonamides is 1. The average Bonchev–Trinajstić information content (AvgIpc) is 2.55. The van der Waals surface area contributed by atoms with E-state index in [4.69, 9.17) is 4.74 Å². The van der Waals surface area contributed by atoms with Gasteiger partial charge >= 0.3 is 0 Å². The largest absolute Gasteiger partial charge is 0.491 e. The van der Waals surface area contributed by atoms with Crippen LogP contribution in [-0.2, 0) is 10.0 Å². The molecule has 6 nitrogen and oxygen atoms in total. The summed E-state index contributed by atoms with van der Waals surface area (Å²) in [6, 6.07) is 6.72. The highest BCUT2D eigenvalue weighted by atomic mass is 32.2. The Labute approximate surface area is 152 Å². The van der Waals surface area contributed by atoms with E-state index in [9.17, 15) is 8.42 Å². The molecular weight excluding hydrogens is 338 g/mol. The first-order valence-electron chi connectivity index (χ1n) is 8.93. The fourth-order valence-electron chi connectivity index (χ4n) is 2.92. The van der Waals surface area contributed by atoms with Crippen molar-refractivity contribution in [1.29, 1.82) is 0 Å². The molecule has 0 aromatic heterocycles. The molecule has 7 heteroatoms. The van der Waals surface area contributed by atoms with Crippen LogP contribution in [0.2, 0.25) is 0 Å². The van der Waals surface area contributed by atoms with Crippen molar-refractivity contribution in [2.45, 2.75) is 31.3 Å².